The van der Waals surface area contributed by atoms with E-state index in [9.17, 15) is 9.90 Å². The van der Waals surface area contributed by atoms with Gasteiger partial charge < -0.3 is 20.7 Å². The van der Waals surface area contributed by atoms with E-state index in [2.05, 4.69) is 45.2 Å². The second-order valence-electron chi connectivity index (χ2n) is 4.67. The molecule has 0 heterocycles. The first-order valence-corrected chi connectivity index (χ1v) is 9.78. The lowest BCUT2D eigenvalue weighted by molar-refractivity contribution is -0.138. The molecule has 1 unspecified atom stereocenters. The van der Waals surface area contributed by atoms with Crippen LogP contribution in [0.5, 0.6) is 17.2 Å². The maximum Gasteiger partial charge on any atom is 0.321 e. The van der Waals surface area contributed by atoms with Crippen LogP contribution in [0.15, 0.2) is 36.4 Å². The van der Waals surface area contributed by atoms with Gasteiger partial charge in [-0.25, -0.2) is 0 Å². The zero-order valence-electron chi connectivity index (χ0n) is 11.5. The molecular formula is C15H12I3NO4. The molecule has 23 heavy (non-hydrogen) atoms. The average molecular weight is 651 g/mol. The Labute approximate surface area is 174 Å². The van der Waals surface area contributed by atoms with Gasteiger partial charge in [0.05, 0.1) is 7.49 Å². The van der Waals surface area contributed by atoms with Gasteiger partial charge >= 0.3 is 5.97 Å². The van der Waals surface area contributed by atoms with Crippen LogP contribution in [0.3, 0.4) is 0 Å². The van der Waals surface area contributed by atoms with Gasteiger partial charge in [-0.1, -0.05) is 28.7 Å². The molecule has 5 nitrogen and oxygen atoms in total. The monoisotopic (exact) mass is 651 g/mol. The zero-order valence-corrected chi connectivity index (χ0v) is 18.0. The second kappa shape index (κ2) is 8.16. The molecule has 0 spiro atoms. The highest BCUT2D eigenvalue weighted by molar-refractivity contribution is 14.1. The van der Waals surface area contributed by atoms with E-state index in [-0.39, 0.29) is 9.67 Å². The van der Waals surface area contributed by atoms with Crippen molar-refractivity contribution in [3.05, 3.63) is 49.1 Å². The highest BCUT2D eigenvalue weighted by Crippen LogP contribution is 2.35. The van der Waals surface area contributed by atoms with Crippen molar-refractivity contribution >= 4 is 73.7 Å². The predicted molar refractivity (Wildman–Crippen MR) is 112 cm³/mol. The molecule has 0 aromatic heterocycles. The van der Waals surface area contributed by atoms with E-state index in [1.165, 1.54) is 0 Å². The molecule has 0 amide bonds. The summed E-state index contributed by atoms with van der Waals surface area (Å²) in [6.45, 7) is 0. The summed E-state index contributed by atoms with van der Waals surface area (Å²) in [5.41, 5.74) is 6.55. The first-order valence-electron chi connectivity index (χ1n) is 6.38. The van der Waals surface area contributed by atoms with E-state index in [4.69, 9.17) is 15.6 Å². The van der Waals surface area contributed by atoms with Crippen LogP contribution in [-0.2, 0) is 4.79 Å². The normalized spacial score (nSPS) is 13.4. The standard InChI is InChI=1S/C15H12I3NO4/c16-10-6-8(23-12-4-1-7(20)5-11(12)17)2-3-9(10)13(18)14(19)15(21)22/h1-6,13-14,20H,19H2,(H,21,22)/t13?,14-/m1/s1. The van der Waals surface area contributed by atoms with Crippen LogP contribution < -0.4 is 10.5 Å². The average Bonchev–Trinajstić information content (AvgIpc) is 2.48. The van der Waals surface area contributed by atoms with Crippen molar-refractivity contribution in [1.29, 1.82) is 0 Å². The molecule has 0 bridgehead atoms. The number of phenolic OH excluding ortho intramolecular Hbond substituents is 1. The smallest absolute Gasteiger partial charge is 0.321 e. The van der Waals surface area contributed by atoms with Gasteiger partial charge in [0.15, 0.2) is 0 Å². The highest BCUT2D eigenvalue weighted by Gasteiger charge is 2.25. The maximum atomic E-state index is 11.0. The van der Waals surface area contributed by atoms with Crippen LogP contribution in [0.4, 0.5) is 0 Å². The molecule has 0 aliphatic carbocycles. The Morgan fingerprint density at radius 1 is 1.13 bits per heavy atom. The Morgan fingerprint density at radius 2 is 1.83 bits per heavy atom. The van der Waals surface area contributed by atoms with E-state index in [1.807, 2.05) is 34.7 Å². The molecule has 0 saturated heterocycles. The number of carboxylic acid groups (broad SMARTS) is 1. The molecule has 4 N–H and O–H groups in total. The quantitative estimate of drug-likeness (QED) is 0.332. The van der Waals surface area contributed by atoms with Crippen LogP contribution in [0.1, 0.15) is 9.49 Å². The molecule has 2 aromatic rings. The van der Waals surface area contributed by atoms with Gasteiger partial charge in [0.25, 0.3) is 0 Å². The van der Waals surface area contributed by atoms with Gasteiger partial charge in [-0.2, -0.15) is 0 Å². The van der Waals surface area contributed by atoms with Crippen LogP contribution in [-0.4, -0.2) is 22.2 Å². The Hall–Kier alpha value is -0.340. The number of ether oxygens (including phenoxy) is 1. The molecule has 0 aliphatic heterocycles. The molecular weight excluding hydrogens is 639 g/mol. The van der Waals surface area contributed by atoms with E-state index < -0.39 is 12.0 Å². The topological polar surface area (TPSA) is 92.8 Å². The summed E-state index contributed by atoms with van der Waals surface area (Å²) in [6, 6.07) is 9.34. The third-order valence-electron chi connectivity index (χ3n) is 3.01. The van der Waals surface area contributed by atoms with Crippen molar-refractivity contribution in [3.8, 4) is 17.2 Å². The lowest BCUT2D eigenvalue weighted by Crippen LogP contribution is -2.34. The molecule has 2 rings (SSSR count). The predicted octanol–water partition coefficient (Wildman–Crippen LogP) is 4.28. The second-order valence-corrected chi connectivity index (χ2v) is 8.33. The van der Waals surface area contributed by atoms with E-state index >= 15 is 0 Å². The molecule has 0 aliphatic rings. The van der Waals surface area contributed by atoms with Crippen molar-refractivity contribution in [1.82, 2.24) is 0 Å². The third kappa shape index (κ3) is 4.82. The SMILES string of the molecule is N[C@@H](C(=O)O)C(I)c1ccc(Oc2ccc(O)cc2I)cc1I. The zero-order chi connectivity index (χ0) is 17.1. The largest absolute Gasteiger partial charge is 0.508 e. The summed E-state index contributed by atoms with van der Waals surface area (Å²) in [6.07, 6.45) is 0. The number of benzene rings is 2. The van der Waals surface area contributed by atoms with Gasteiger partial charge in [0, 0.05) is 3.57 Å². The summed E-state index contributed by atoms with van der Waals surface area (Å²) in [4.78, 5) is 11.0. The van der Waals surface area contributed by atoms with Crippen molar-refractivity contribution < 1.29 is 19.7 Å². The molecule has 122 valence electrons. The maximum absolute atomic E-state index is 11.0. The van der Waals surface area contributed by atoms with Crippen molar-refractivity contribution in [2.45, 2.75) is 9.97 Å². The van der Waals surface area contributed by atoms with E-state index in [1.54, 1.807) is 24.3 Å². The summed E-state index contributed by atoms with van der Waals surface area (Å²) in [5, 5.41) is 18.4. The number of hydrogen-bond donors (Lipinski definition) is 3. The lowest BCUT2D eigenvalue weighted by Gasteiger charge is -2.17. The Morgan fingerprint density at radius 3 is 2.39 bits per heavy atom. The van der Waals surface area contributed by atoms with Crippen LogP contribution >= 0.6 is 67.8 Å². The number of nitrogens with two attached hydrogens (primary N) is 1. The summed E-state index contributed by atoms with van der Waals surface area (Å²) in [5.74, 6) is 0.427. The molecule has 2 aromatic carbocycles. The number of halogens is 3. The third-order valence-corrected chi connectivity index (χ3v) is 6.24. The first-order chi connectivity index (χ1) is 10.8. The minimum atomic E-state index is -1.03. The van der Waals surface area contributed by atoms with Gasteiger partial charge in [-0.3, -0.25) is 4.79 Å². The van der Waals surface area contributed by atoms with Gasteiger partial charge in [0.1, 0.15) is 23.3 Å². The van der Waals surface area contributed by atoms with Gasteiger partial charge in [-0.15, -0.1) is 0 Å². The number of carbonyl (C=O) groups is 1. The fourth-order valence-electron chi connectivity index (χ4n) is 1.81. The first kappa shape index (κ1) is 19.0. The number of hydrogen-bond acceptors (Lipinski definition) is 4. The number of phenols is 1. The Balaban J connectivity index is 2.24. The summed E-state index contributed by atoms with van der Waals surface area (Å²) < 4.78 is 7.15. The van der Waals surface area contributed by atoms with Crippen LogP contribution in [0, 0.1) is 7.14 Å². The molecule has 0 fully saturated rings. The van der Waals surface area contributed by atoms with Crippen molar-refractivity contribution in [3.63, 3.8) is 0 Å². The number of aliphatic carboxylic acids is 1. The Kier molecular flexibility index (Phi) is 6.74. The van der Waals surface area contributed by atoms with Crippen LogP contribution in [0.2, 0.25) is 0 Å². The van der Waals surface area contributed by atoms with E-state index in [0.717, 1.165) is 12.7 Å². The summed E-state index contributed by atoms with van der Waals surface area (Å²) >= 11 is 6.26. The van der Waals surface area contributed by atoms with Crippen molar-refractivity contribution in [2.24, 2.45) is 5.73 Å². The van der Waals surface area contributed by atoms with Crippen molar-refractivity contribution in [2.75, 3.05) is 0 Å². The fraction of sp³-hybridized carbons (Fsp3) is 0.133. The number of rotatable bonds is 5. The summed E-state index contributed by atoms with van der Waals surface area (Å²) in [7, 11) is 0. The number of aromatic hydroxyl groups is 1. The molecule has 2 atom stereocenters. The Bertz CT molecular complexity index is 739. The number of carboxylic acids is 1. The minimum Gasteiger partial charge on any atom is -0.508 e. The molecule has 0 radical (unpaired) electrons. The van der Waals surface area contributed by atoms with Gasteiger partial charge in [-0.05, 0) is 81.1 Å². The fourth-order valence-corrected chi connectivity index (χ4v) is 4.69. The minimum absolute atomic E-state index is 0.182. The molecule has 0 saturated carbocycles. The highest BCUT2D eigenvalue weighted by atomic mass is 127. The van der Waals surface area contributed by atoms with Crippen LogP contribution in [0.25, 0.3) is 0 Å². The number of alkyl halides is 1. The van der Waals surface area contributed by atoms with E-state index in [0.29, 0.717) is 11.5 Å². The molecule has 8 heteroatoms. The van der Waals surface area contributed by atoms with Gasteiger partial charge in [0.2, 0.25) is 0 Å². The lowest BCUT2D eigenvalue weighted by atomic mass is 10.1.